The normalized spacial score (nSPS) is 21.8. The molecule has 1 amide bonds. The van der Waals surface area contributed by atoms with Gasteiger partial charge < -0.3 is 14.7 Å². The molecule has 1 aromatic rings. The van der Waals surface area contributed by atoms with Gasteiger partial charge in [-0.15, -0.1) is 0 Å². The van der Waals surface area contributed by atoms with Crippen molar-refractivity contribution in [3.63, 3.8) is 0 Å². The average molecular weight is 331 g/mol. The maximum absolute atomic E-state index is 13.0. The Labute approximate surface area is 130 Å². The van der Waals surface area contributed by atoms with Crippen LogP contribution >= 0.6 is 0 Å². The van der Waals surface area contributed by atoms with Gasteiger partial charge in [0.1, 0.15) is 6.61 Å². The molecule has 1 heterocycles. The Morgan fingerprint density at radius 1 is 1.26 bits per heavy atom. The van der Waals surface area contributed by atoms with Gasteiger partial charge in [0, 0.05) is 13.1 Å². The zero-order chi connectivity index (χ0) is 17.0. The predicted molar refractivity (Wildman–Crippen MR) is 73.5 cm³/mol. The Morgan fingerprint density at radius 2 is 1.91 bits per heavy atom. The van der Waals surface area contributed by atoms with Gasteiger partial charge in [-0.05, 0) is 12.0 Å². The van der Waals surface area contributed by atoms with E-state index >= 15 is 0 Å². The van der Waals surface area contributed by atoms with E-state index in [1.807, 2.05) is 0 Å². The third kappa shape index (κ3) is 4.37. The number of carbonyl (C=O) groups is 2. The highest BCUT2D eigenvalue weighted by Crippen LogP contribution is 2.37. The van der Waals surface area contributed by atoms with Gasteiger partial charge in [-0.25, -0.2) is 4.79 Å². The highest BCUT2D eigenvalue weighted by molar-refractivity contribution is 5.72. The van der Waals surface area contributed by atoms with Gasteiger partial charge in [0.05, 0.1) is 11.8 Å². The fourth-order valence-corrected chi connectivity index (χ4v) is 2.56. The Bertz CT molecular complexity index is 562. The summed E-state index contributed by atoms with van der Waals surface area (Å²) < 4.78 is 44.0. The standard InChI is InChI=1S/C15H16F3NO4/c16-15(17,18)12-8-19(7-6-11(12)13(20)21)14(22)23-9-10-4-2-1-3-5-10/h1-5,11-12H,6-9H2,(H,20,21)/t11-,12-/m1/s1. The number of likely N-dealkylation sites (tertiary alicyclic amines) is 1. The number of piperidine rings is 1. The molecule has 1 aliphatic heterocycles. The van der Waals surface area contributed by atoms with E-state index in [9.17, 15) is 22.8 Å². The summed E-state index contributed by atoms with van der Waals surface area (Å²) >= 11 is 0. The number of hydrogen-bond acceptors (Lipinski definition) is 3. The van der Waals surface area contributed by atoms with Crippen LogP contribution in [-0.4, -0.2) is 41.3 Å². The molecule has 8 heteroatoms. The molecule has 1 aliphatic rings. The first-order chi connectivity index (χ1) is 10.8. The third-order valence-corrected chi connectivity index (χ3v) is 3.81. The number of rotatable bonds is 3. The first-order valence-electron chi connectivity index (χ1n) is 7.04. The largest absolute Gasteiger partial charge is 0.481 e. The van der Waals surface area contributed by atoms with Crippen LogP contribution in [-0.2, 0) is 16.1 Å². The number of carboxylic acids is 1. The minimum absolute atomic E-state index is 0.0464. The monoisotopic (exact) mass is 331 g/mol. The van der Waals surface area contributed by atoms with Crippen molar-refractivity contribution in [2.24, 2.45) is 11.8 Å². The molecule has 0 bridgehead atoms. The summed E-state index contributed by atoms with van der Waals surface area (Å²) in [5, 5.41) is 8.91. The second-order valence-electron chi connectivity index (χ2n) is 5.37. The number of carboxylic acid groups (broad SMARTS) is 1. The van der Waals surface area contributed by atoms with Crippen LogP contribution in [0.15, 0.2) is 30.3 Å². The van der Waals surface area contributed by atoms with E-state index in [1.54, 1.807) is 30.3 Å². The molecule has 5 nitrogen and oxygen atoms in total. The van der Waals surface area contributed by atoms with Gasteiger partial charge in [-0.1, -0.05) is 30.3 Å². The van der Waals surface area contributed by atoms with E-state index in [0.29, 0.717) is 5.56 Å². The number of amides is 1. The van der Waals surface area contributed by atoms with Crippen LogP contribution in [0.2, 0.25) is 0 Å². The topological polar surface area (TPSA) is 66.8 Å². The average Bonchev–Trinajstić information content (AvgIpc) is 2.52. The summed E-state index contributed by atoms with van der Waals surface area (Å²) in [6.07, 6.45) is -5.80. The van der Waals surface area contributed by atoms with Gasteiger partial charge in [-0.3, -0.25) is 4.79 Å². The minimum atomic E-state index is -4.68. The molecule has 2 atom stereocenters. The number of alkyl halides is 3. The lowest BCUT2D eigenvalue weighted by Gasteiger charge is -2.36. The van der Waals surface area contributed by atoms with Crippen molar-refractivity contribution in [2.75, 3.05) is 13.1 Å². The smallest absolute Gasteiger partial charge is 0.410 e. The number of nitrogens with zero attached hydrogens (tertiary/aromatic N) is 1. The Morgan fingerprint density at radius 3 is 2.48 bits per heavy atom. The van der Waals surface area contributed by atoms with Crippen molar-refractivity contribution in [3.05, 3.63) is 35.9 Å². The maximum Gasteiger partial charge on any atom is 0.410 e. The highest BCUT2D eigenvalue weighted by atomic mass is 19.4. The molecule has 2 rings (SSSR count). The highest BCUT2D eigenvalue weighted by Gasteiger charge is 2.51. The molecule has 1 N–H and O–H groups in total. The molecule has 126 valence electrons. The number of ether oxygens (including phenoxy) is 1. The molecule has 0 spiro atoms. The van der Waals surface area contributed by atoms with Gasteiger partial charge in [0.2, 0.25) is 0 Å². The summed E-state index contributed by atoms with van der Waals surface area (Å²) in [6.45, 7) is -0.819. The lowest BCUT2D eigenvalue weighted by atomic mass is 9.85. The fourth-order valence-electron chi connectivity index (χ4n) is 2.56. The molecule has 23 heavy (non-hydrogen) atoms. The molecular weight excluding hydrogens is 315 g/mol. The van der Waals surface area contributed by atoms with Gasteiger partial charge in [-0.2, -0.15) is 13.2 Å². The minimum Gasteiger partial charge on any atom is -0.481 e. The van der Waals surface area contributed by atoms with Gasteiger partial charge in [0.15, 0.2) is 0 Å². The molecule has 1 aromatic carbocycles. The molecule has 0 aliphatic carbocycles. The van der Waals surface area contributed by atoms with Crippen LogP contribution < -0.4 is 0 Å². The lowest BCUT2D eigenvalue weighted by Crippen LogP contribution is -2.51. The zero-order valence-corrected chi connectivity index (χ0v) is 12.1. The van der Waals surface area contributed by atoms with Crippen LogP contribution in [0, 0.1) is 11.8 Å². The third-order valence-electron chi connectivity index (χ3n) is 3.81. The Hall–Kier alpha value is -2.25. The van der Waals surface area contributed by atoms with E-state index in [-0.39, 0.29) is 19.6 Å². The molecule has 0 aromatic heterocycles. The van der Waals surface area contributed by atoms with Crippen LogP contribution in [0.3, 0.4) is 0 Å². The van der Waals surface area contributed by atoms with E-state index < -0.39 is 36.6 Å². The van der Waals surface area contributed by atoms with E-state index in [2.05, 4.69) is 0 Å². The van der Waals surface area contributed by atoms with Gasteiger partial charge >= 0.3 is 18.2 Å². The summed E-state index contributed by atoms with van der Waals surface area (Å²) in [6, 6.07) is 8.74. The van der Waals surface area contributed by atoms with Gasteiger partial charge in [0.25, 0.3) is 0 Å². The number of carbonyl (C=O) groups excluding carboxylic acids is 1. The molecule has 1 saturated heterocycles. The fraction of sp³-hybridized carbons (Fsp3) is 0.467. The number of halogens is 3. The van der Waals surface area contributed by atoms with E-state index in [0.717, 1.165) is 4.90 Å². The number of benzene rings is 1. The summed E-state index contributed by atoms with van der Waals surface area (Å²) in [7, 11) is 0. The van der Waals surface area contributed by atoms with Crippen molar-refractivity contribution >= 4 is 12.1 Å². The molecule has 0 saturated carbocycles. The molecular formula is C15H16F3NO4. The summed E-state index contributed by atoms with van der Waals surface area (Å²) in [5.74, 6) is -5.11. The van der Waals surface area contributed by atoms with E-state index in [1.165, 1.54) is 0 Å². The lowest BCUT2D eigenvalue weighted by molar-refractivity contribution is -0.206. The van der Waals surface area contributed by atoms with Crippen LogP contribution in [0.25, 0.3) is 0 Å². The van der Waals surface area contributed by atoms with Crippen molar-refractivity contribution in [1.29, 1.82) is 0 Å². The van der Waals surface area contributed by atoms with Crippen molar-refractivity contribution in [3.8, 4) is 0 Å². The second kappa shape index (κ2) is 6.89. The molecule has 1 fully saturated rings. The Balaban J connectivity index is 1.98. The van der Waals surface area contributed by atoms with Crippen molar-refractivity contribution in [2.45, 2.75) is 19.2 Å². The van der Waals surface area contributed by atoms with Crippen LogP contribution in [0.1, 0.15) is 12.0 Å². The molecule has 0 radical (unpaired) electrons. The summed E-state index contributed by atoms with van der Waals surface area (Å²) in [5.41, 5.74) is 0.716. The van der Waals surface area contributed by atoms with E-state index in [4.69, 9.17) is 9.84 Å². The van der Waals surface area contributed by atoms with Crippen LogP contribution in [0.4, 0.5) is 18.0 Å². The zero-order valence-electron chi connectivity index (χ0n) is 12.1. The van der Waals surface area contributed by atoms with Crippen LogP contribution in [0.5, 0.6) is 0 Å². The van der Waals surface area contributed by atoms with Crippen molar-refractivity contribution < 1.29 is 32.6 Å². The predicted octanol–water partition coefficient (Wildman–Crippen LogP) is 2.91. The Kier molecular flexibility index (Phi) is 5.12. The molecule has 0 unspecified atom stereocenters. The van der Waals surface area contributed by atoms with Crippen molar-refractivity contribution in [1.82, 2.24) is 4.90 Å². The number of aliphatic carboxylic acids is 1. The quantitative estimate of drug-likeness (QED) is 0.925. The summed E-state index contributed by atoms with van der Waals surface area (Å²) in [4.78, 5) is 23.8. The first-order valence-corrected chi connectivity index (χ1v) is 7.04. The SMILES string of the molecule is O=C(O)[C@@H]1CCN(C(=O)OCc2ccccc2)C[C@H]1C(F)(F)F. The first kappa shape index (κ1) is 17.1. The maximum atomic E-state index is 13.0. The second-order valence-corrected chi connectivity index (χ2v) is 5.37. The number of hydrogen-bond donors (Lipinski definition) is 1.